The van der Waals surface area contributed by atoms with Gasteiger partial charge in [-0.05, 0) is 41.5 Å². The van der Waals surface area contributed by atoms with Gasteiger partial charge in [0, 0.05) is 33.5 Å². The lowest BCUT2D eigenvalue weighted by molar-refractivity contribution is -0.384. The second-order valence-corrected chi connectivity index (χ2v) is 12.3. The summed E-state index contributed by atoms with van der Waals surface area (Å²) in [6.07, 6.45) is 0. The first kappa shape index (κ1) is 28.9. The van der Waals surface area contributed by atoms with E-state index in [1.54, 1.807) is 24.3 Å². The summed E-state index contributed by atoms with van der Waals surface area (Å²) in [5, 5.41) is 32.4. The minimum absolute atomic E-state index is 0.0736. The highest BCUT2D eigenvalue weighted by molar-refractivity contribution is 8.00. The Labute approximate surface area is 261 Å². The molecular formula is C28H18Cl2N4O7S2. The fourth-order valence-electron chi connectivity index (χ4n) is 4.64. The van der Waals surface area contributed by atoms with Crippen LogP contribution in [0, 0.1) is 10.1 Å². The highest BCUT2D eigenvalue weighted by atomic mass is 35.5. The zero-order valence-electron chi connectivity index (χ0n) is 21.7. The van der Waals surface area contributed by atoms with Gasteiger partial charge in [-0.1, -0.05) is 64.5 Å². The van der Waals surface area contributed by atoms with Crippen molar-refractivity contribution in [3.8, 4) is 11.5 Å². The van der Waals surface area contributed by atoms with Gasteiger partial charge in [-0.2, -0.15) is 0 Å². The van der Waals surface area contributed by atoms with Gasteiger partial charge in [-0.25, -0.2) is 0 Å². The number of aliphatic hydroxyl groups is 1. The number of carbonyl (C=O) groups is 2. The summed E-state index contributed by atoms with van der Waals surface area (Å²) in [6, 6.07) is 14.0. The van der Waals surface area contributed by atoms with E-state index in [0.717, 1.165) is 21.8 Å². The molecule has 11 nitrogen and oxygen atoms in total. The number of aromatic nitrogens is 2. The van der Waals surface area contributed by atoms with Gasteiger partial charge >= 0.3 is 5.91 Å². The van der Waals surface area contributed by atoms with Gasteiger partial charge in [0.2, 0.25) is 5.13 Å². The van der Waals surface area contributed by atoms with Crippen LogP contribution in [0.25, 0.3) is 5.76 Å². The van der Waals surface area contributed by atoms with Crippen LogP contribution in [0.5, 0.6) is 11.5 Å². The highest BCUT2D eigenvalue weighted by Crippen LogP contribution is 2.45. The Hall–Kier alpha value is -4.17. The maximum Gasteiger partial charge on any atom is 0.301 e. The summed E-state index contributed by atoms with van der Waals surface area (Å²) >= 11 is 14.6. The van der Waals surface area contributed by atoms with Crippen molar-refractivity contribution in [3.05, 3.63) is 103 Å². The van der Waals surface area contributed by atoms with Gasteiger partial charge < -0.3 is 14.6 Å². The second kappa shape index (κ2) is 11.8. The minimum atomic E-state index is -1.23. The molecular weight excluding hydrogens is 639 g/mol. The first-order valence-electron chi connectivity index (χ1n) is 12.6. The molecule has 2 aliphatic rings. The van der Waals surface area contributed by atoms with Crippen molar-refractivity contribution in [1.82, 2.24) is 10.2 Å². The molecule has 0 aliphatic carbocycles. The van der Waals surface area contributed by atoms with Gasteiger partial charge in [-0.3, -0.25) is 24.6 Å². The smallest absolute Gasteiger partial charge is 0.301 e. The molecule has 1 N–H and O–H groups in total. The summed E-state index contributed by atoms with van der Waals surface area (Å²) in [7, 11) is 0. The summed E-state index contributed by atoms with van der Waals surface area (Å²) < 4.78 is 11.6. The van der Waals surface area contributed by atoms with Crippen LogP contribution < -0.4 is 14.4 Å². The van der Waals surface area contributed by atoms with Crippen molar-refractivity contribution in [2.75, 3.05) is 18.1 Å². The maximum absolute atomic E-state index is 13.5. The normalized spacial score (nSPS) is 17.3. The molecule has 0 radical (unpaired) electrons. The number of nitro groups is 1. The first-order valence-corrected chi connectivity index (χ1v) is 15.1. The van der Waals surface area contributed by atoms with Crippen molar-refractivity contribution < 1.29 is 29.1 Å². The Morgan fingerprint density at radius 2 is 1.86 bits per heavy atom. The van der Waals surface area contributed by atoms with E-state index in [9.17, 15) is 24.8 Å². The minimum Gasteiger partial charge on any atom is -0.507 e. The Kier molecular flexibility index (Phi) is 7.97. The van der Waals surface area contributed by atoms with Crippen LogP contribution in [-0.4, -0.2) is 45.1 Å². The van der Waals surface area contributed by atoms with Gasteiger partial charge in [-0.15, -0.1) is 10.2 Å². The number of ether oxygens (including phenoxy) is 2. The van der Waals surface area contributed by atoms with Crippen LogP contribution in [0.1, 0.15) is 22.7 Å². The van der Waals surface area contributed by atoms with Crippen LogP contribution >= 0.6 is 46.3 Å². The Balaban J connectivity index is 1.41. The number of rotatable bonds is 7. The van der Waals surface area contributed by atoms with E-state index in [4.69, 9.17) is 32.7 Å². The zero-order valence-corrected chi connectivity index (χ0v) is 24.9. The van der Waals surface area contributed by atoms with Gasteiger partial charge in [0.1, 0.15) is 19.0 Å². The van der Waals surface area contributed by atoms with E-state index in [-0.39, 0.29) is 27.5 Å². The number of anilines is 1. The standard InChI is InChI=1S/C28H18Cl2N4O7S2/c29-17-6-4-16(19(30)12-17)13-42-28-32-31-27(43-28)33-23(14-2-1-3-18(10-14)34(38)39)22(25(36)26(33)37)24(35)15-5-7-20-21(11-15)41-9-8-40-20/h1-7,10-12,23,35H,8-9,13H2/b24-22+. The van der Waals surface area contributed by atoms with E-state index in [2.05, 4.69) is 10.2 Å². The molecule has 0 saturated carbocycles. The number of fused-ring (bicyclic) bond motifs is 1. The number of halogens is 2. The SMILES string of the molecule is O=C1C(=O)N(c2nnc(SCc3ccc(Cl)cc3Cl)s2)C(c2cccc([N+](=O)[O-])c2)/C1=C(\O)c1ccc2c(c1)OCCO2. The lowest BCUT2D eigenvalue weighted by Crippen LogP contribution is -2.29. The number of benzene rings is 3. The molecule has 0 bridgehead atoms. The Morgan fingerprint density at radius 3 is 2.63 bits per heavy atom. The molecule has 1 fully saturated rings. The third kappa shape index (κ3) is 5.64. The van der Waals surface area contributed by atoms with E-state index in [1.807, 2.05) is 0 Å². The van der Waals surface area contributed by atoms with Crippen molar-refractivity contribution in [3.63, 3.8) is 0 Å². The number of amides is 1. The molecule has 1 saturated heterocycles. The predicted octanol–water partition coefficient (Wildman–Crippen LogP) is 6.44. The number of thioether (sulfide) groups is 1. The molecule has 0 spiro atoms. The van der Waals surface area contributed by atoms with Crippen LogP contribution in [0.3, 0.4) is 0 Å². The number of carbonyl (C=O) groups excluding carboxylic acids is 2. The topological polar surface area (TPSA) is 145 Å². The van der Waals surface area contributed by atoms with Crippen LogP contribution in [0.15, 0.2) is 70.6 Å². The summed E-state index contributed by atoms with van der Waals surface area (Å²) in [6.45, 7) is 0.669. The first-order chi connectivity index (χ1) is 20.7. The molecule has 15 heteroatoms. The monoisotopic (exact) mass is 656 g/mol. The largest absolute Gasteiger partial charge is 0.507 e. The number of hydrogen-bond donors (Lipinski definition) is 1. The third-order valence-corrected chi connectivity index (χ3v) is 9.32. The van der Waals surface area contributed by atoms with Crippen molar-refractivity contribution in [1.29, 1.82) is 0 Å². The number of Topliss-reactive ketones (excluding diaryl/α,β-unsaturated/α-hetero) is 1. The Bertz CT molecular complexity index is 1830. The molecule has 218 valence electrons. The van der Waals surface area contributed by atoms with E-state index in [1.165, 1.54) is 48.2 Å². The zero-order chi connectivity index (χ0) is 30.2. The quantitative estimate of drug-likeness (QED) is 0.0448. The average molecular weight is 658 g/mol. The number of non-ortho nitro benzene ring substituents is 1. The summed E-state index contributed by atoms with van der Waals surface area (Å²) in [5.74, 6) is -1.17. The summed E-state index contributed by atoms with van der Waals surface area (Å²) in [5.41, 5.74) is 0.718. The van der Waals surface area contributed by atoms with Gasteiger partial charge in [0.05, 0.1) is 16.5 Å². The molecule has 43 heavy (non-hydrogen) atoms. The van der Waals surface area contributed by atoms with Crippen molar-refractivity contribution >= 4 is 74.6 Å². The molecule has 4 aromatic rings. The predicted molar refractivity (Wildman–Crippen MR) is 161 cm³/mol. The molecule has 3 aromatic carbocycles. The number of nitro benzene ring substituents is 1. The van der Waals surface area contributed by atoms with E-state index < -0.39 is 28.4 Å². The van der Waals surface area contributed by atoms with Crippen LogP contribution in [0.2, 0.25) is 10.0 Å². The number of aliphatic hydroxyl groups excluding tert-OH is 1. The summed E-state index contributed by atoms with van der Waals surface area (Å²) in [4.78, 5) is 39.1. The molecule has 6 rings (SSSR count). The van der Waals surface area contributed by atoms with Crippen molar-refractivity contribution in [2.45, 2.75) is 16.1 Å². The van der Waals surface area contributed by atoms with E-state index >= 15 is 0 Å². The lowest BCUT2D eigenvalue weighted by Gasteiger charge is -2.23. The Morgan fingerprint density at radius 1 is 1.07 bits per heavy atom. The molecule has 1 unspecified atom stereocenters. The molecule has 1 atom stereocenters. The average Bonchev–Trinajstić information content (AvgIpc) is 3.57. The number of hydrogen-bond acceptors (Lipinski definition) is 11. The van der Waals surface area contributed by atoms with Crippen molar-refractivity contribution in [2.24, 2.45) is 0 Å². The number of ketones is 1. The fraction of sp³-hybridized carbons (Fsp3) is 0.143. The van der Waals surface area contributed by atoms with Gasteiger partial charge in [0.25, 0.3) is 11.5 Å². The molecule has 1 aromatic heterocycles. The van der Waals surface area contributed by atoms with Gasteiger partial charge in [0.15, 0.2) is 15.8 Å². The van der Waals surface area contributed by atoms with Crippen LogP contribution in [-0.2, 0) is 15.3 Å². The molecule has 1 amide bonds. The van der Waals surface area contributed by atoms with Crippen LogP contribution in [0.4, 0.5) is 10.8 Å². The fourth-order valence-corrected chi connectivity index (χ4v) is 7.06. The number of nitrogens with zero attached hydrogens (tertiary/aromatic N) is 4. The molecule has 3 heterocycles. The highest BCUT2D eigenvalue weighted by Gasteiger charge is 2.48. The maximum atomic E-state index is 13.5. The van der Waals surface area contributed by atoms with E-state index in [0.29, 0.717) is 44.9 Å². The third-order valence-electron chi connectivity index (χ3n) is 6.62. The lowest BCUT2D eigenvalue weighted by atomic mass is 9.95. The second-order valence-electron chi connectivity index (χ2n) is 9.25. The molecule has 2 aliphatic heterocycles.